The molecule has 0 fully saturated rings. The van der Waals surface area contributed by atoms with Crippen molar-refractivity contribution in [2.24, 2.45) is 0 Å². The van der Waals surface area contributed by atoms with Crippen molar-refractivity contribution < 1.29 is 9.53 Å². The van der Waals surface area contributed by atoms with E-state index in [0.717, 1.165) is 27.5 Å². The van der Waals surface area contributed by atoms with E-state index in [0.29, 0.717) is 6.54 Å². The number of esters is 1. The molecule has 0 saturated carbocycles. The molecule has 1 unspecified atom stereocenters. The van der Waals surface area contributed by atoms with Gasteiger partial charge >= 0.3 is 5.97 Å². The van der Waals surface area contributed by atoms with Gasteiger partial charge in [-0.15, -0.1) is 11.3 Å². The SMILES string of the molecule is CNc1nc(-c2ccc3c(c2)CNC3C(=O)OC(C)(C)C)cs1. The first-order chi connectivity index (χ1) is 10.9. The zero-order chi connectivity index (χ0) is 16.6. The third-order valence-electron chi connectivity index (χ3n) is 3.61. The molecular formula is C17H21N3O2S. The molecule has 122 valence electrons. The van der Waals surface area contributed by atoms with Gasteiger partial charge in [-0.3, -0.25) is 5.32 Å². The summed E-state index contributed by atoms with van der Waals surface area (Å²) in [5.41, 5.74) is 3.64. The number of hydrogen-bond donors (Lipinski definition) is 2. The van der Waals surface area contributed by atoms with E-state index in [-0.39, 0.29) is 12.0 Å². The molecule has 6 heteroatoms. The van der Waals surface area contributed by atoms with Gasteiger partial charge in [0.05, 0.1) is 5.69 Å². The number of nitrogens with zero attached hydrogens (tertiary/aromatic N) is 1. The number of fused-ring (bicyclic) bond motifs is 1. The number of anilines is 1. The van der Waals surface area contributed by atoms with Crippen LogP contribution in [0.25, 0.3) is 11.3 Å². The molecule has 2 heterocycles. The number of ether oxygens (including phenoxy) is 1. The van der Waals surface area contributed by atoms with Crippen molar-refractivity contribution in [2.45, 2.75) is 39.0 Å². The van der Waals surface area contributed by atoms with E-state index in [1.807, 2.05) is 45.3 Å². The fourth-order valence-electron chi connectivity index (χ4n) is 2.61. The normalized spacial score (nSPS) is 17.0. The summed E-state index contributed by atoms with van der Waals surface area (Å²) in [6.07, 6.45) is 0. The van der Waals surface area contributed by atoms with Crippen molar-refractivity contribution in [1.82, 2.24) is 10.3 Å². The molecule has 1 atom stereocenters. The van der Waals surface area contributed by atoms with Crippen LogP contribution in [0.4, 0.5) is 5.13 Å². The molecule has 0 aliphatic carbocycles. The molecule has 1 aromatic carbocycles. The minimum absolute atomic E-state index is 0.227. The molecule has 23 heavy (non-hydrogen) atoms. The highest BCUT2D eigenvalue weighted by atomic mass is 32.1. The van der Waals surface area contributed by atoms with E-state index in [9.17, 15) is 4.79 Å². The highest BCUT2D eigenvalue weighted by molar-refractivity contribution is 7.14. The second kappa shape index (κ2) is 5.94. The molecule has 5 nitrogen and oxygen atoms in total. The number of carbonyl (C=O) groups is 1. The zero-order valence-corrected chi connectivity index (χ0v) is 14.6. The first-order valence-corrected chi connectivity index (χ1v) is 8.48. The Balaban J connectivity index is 1.84. The van der Waals surface area contributed by atoms with Gasteiger partial charge in [0.15, 0.2) is 5.13 Å². The average Bonchev–Trinajstić information content (AvgIpc) is 3.11. The number of rotatable bonds is 3. The lowest BCUT2D eigenvalue weighted by Gasteiger charge is -2.22. The quantitative estimate of drug-likeness (QED) is 0.845. The van der Waals surface area contributed by atoms with E-state index in [1.54, 1.807) is 11.3 Å². The Morgan fingerprint density at radius 1 is 1.43 bits per heavy atom. The van der Waals surface area contributed by atoms with Crippen LogP contribution in [0.3, 0.4) is 0 Å². The predicted octanol–water partition coefficient (Wildman–Crippen LogP) is 3.34. The molecule has 1 aliphatic heterocycles. The third kappa shape index (κ3) is 3.38. The highest BCUT2D eigenvalue weighted by Gasteiger charge is 2.32. The maximum atomic E-state index is 12.3. The molecule has 0 amide bonds. The standard InChI is InChI=1S/C17H21N3O2S/c1-17(2,3)22-15(21)14-12-6-5-10(7-11(12)8-19-14)13-9-23-16(18-4)20-13/h5-7,9,14,19H,8H2,1-4H3,(H,18,20). The van der Waals surface area contributed by atoms with Crippen molar-refractivity contribution in [2.75, 3.05) is 12.4 Å². The van der Waals surface area contributed by atoms with Crippen LogP contribution in [-0.2, 0) is 16.1 Å². The van der Waals surface area contributed by atoms with Crippen LogP contribution in [0.5, 0.6) is 0 Å². The molecule has 2 aromatic rings. The van der Waals surface area contributed by atoms with Crippen LogP contribution < -0.4 is 10.6 Å². The number of carbonyl (C=O) groups excluding carboxylic acids is 1. The van der Waals surface area contributed by atoms with Crippen LogP contribution >= 0.6 is 11.3 Å². The second-order valence-corrected chi connectivity index (χ2v) is 7.41. The molecule has 1 aliphatic rings. The van der Waals surface area contributed by atoms with E-state index in [2.05, 4.69) is 21.7 Å². The van der Waals surface area contributed by atoms with Gasteiger partial charge in [-0.25, -0.2) is 9.78 Å². The summed E-state index contributed by atoms with van der Waals surface area (Å²) in [6.45, 7) is 6.30. The number of hydrogen-bond acceptors (Lipinski definition) is 6. The minimum atomic E-state index is -0.481. The Labute approximate surface area is 140 Å². The van der Waals surface area contributed by atoms with E-state index in [1.165, 1.54) is 0 Å². The Kier molecular flexibility index (Phi) is 4.12. The molecule has 3 rings (SSSR count). The van der Waals surface area contributed by atoms with Crippen molar-refractivity contribution >= 4 is 22.4 Å². The molecule has 0 saturated heterocycles. The van der Waals surface area contributed by atoms with Gasteiger partial charge in [-0.05, 0) is 38.0 Å². The molecular weight excluding hydrogens is 310 g/mol. The number of nitrogens with one attached hydrogen (secondary N) is 2. The van der Waals surface area contributed by atoms with Crippen LogP contribution in [0.15, 0.2) is 23.6 Å². The van der Waals surface area contributed by atoms with E-state index < -0.39 is 5.60 Å². The Hall–Kier alpha value is -1.92. The van der Waals surface area contributed by atoms with Crippen molar-refractivity contribution in [1.29, 1.82) is 0 Å². The molecule has 0 bridgehead atoms. The van der Waals surface area contributed by atoms with Crippen LogP contribution in [0.1, 0.15) is 37.9 Å². The maximum Gasteiger partial charge on any atom is 0.328 e. The second-order valence-electron chi connectivity index (χ2n) is 6.55. The zero-order valence-electron chi connectivity index (χ0n) is 13.8. The number of aromatic nitrogens is 1. The van der Waals surface area contributed by atoms with Crippen molar-refractivity contribution in [3.63, 3.8) is 0 Å². The Bertz CT molecular complexity index is 734. The van der Waals surface area contributed by atoms with E-state index >= 15 is 0 Å². The highest BCUT2D eigenvalue weighted by Crippen LogP contribution is 2.32. The summed E-state index contributed by atoms with van der Waals surface area (Å²) in [7, 11) is 1.86. The van der Waals surface area contributed by atoms with Crippen molar-refractivity contribution in [3.8, 4) is 11.3 Å². The van der Waals surface area contributed by atoms with Crippen LogP contribution in [0, 0.1) is 0 Å². The fraction of sp³-hybridized carbons (Fsp3) is 0.412. The van der Waals surface area contributed by atoms with Gasteiger partial charge in [0.25, 0.3) is 0 Å². The van der Waals surface area contributed by atoms with Gasteiger partial charge in [0, 0.05) is 24.5 Å². The molecule has 1 aromatic heterocycles. The summed E-state index contributed by atoms with van der Waals surface area (Å²) in [4.78, 5) is 16.8. The van der Waals surface area contributed by atoms with Gasteiger partial charge in [0.2, 0.25) is 0 Å². The smallest absolute Gasteiger partial charge is 0.328 e. The van der Waals surface area contributed by atoms with Gasteiger partial charge in [0.1, 0.15) is 11.6 Å². The summed E-state index contributed by atoms with van der Waals surface area (Å²) < 4.78 is 5.49. The predicted molar refractivity (Wildman–Crippen MR) is 92.5 cm³/mol. The summed E-state index contributed by atoms with van der Waals surface area (Å²) in [6, 6.07) is 5.72. The third-order valence-corrected chi connectivity index (χ3v) is 4.47. The summed E-state index contributed by atoms with van der Waals surface area (Å²) in [5.74, 6) is -0.227. The first-order valence-electron chi connectivity index (χ1n) is 7.60. The van der Waals surface area contributed by atoms with Crippen molar-refractivity contribution in [3.05, 3.63) is 34.7 Å². The summed E-state index contributed by atoms with van der Waals surface area (Å²) in [5, 5.41) is 9.20. The largest absolute Gasteiger partial charge is 0.459 e. The topological polar surface area (TPSA) is 63.2 Å². The van der Waals surface area contributed by atoms with Gasteiger partial charge < -0.3 is 10.1 Å². The lowest BCUT2D eigenvalue weighted by Crippen LogP contribution is -2.31. The molecule has 0 radical (unpaired) electrons. The van der Waals surface area contributed by atoms with E-state index in [4.69, 9.17) is 4.74 Å². The average molecular weight is 331 g/mol. The lowest BCUT2D eigenvalue weighted by molar-refractivity contribution is -0.157. The summed E-state index contributed by atoms with van der Waals surface area (Å²) >= 11 is 1.58. The Morgan fingerprint density at radius 2 is 2.22 bits per heavy atom. The fourth-order valence-corrected chi connectivity index (χ4v) is 3.29. The lowest BCUT2D eigenvalue weighted by atomic mass is 10.0. The number of thiazole rings is 1. The Morgan fingerprint density at radius 3 is 2.87 bits per heavy atom. The van der Waals surface area contributed by atoms with Gasteiger partial charge in [-0.1, -0.05) is 12.1 Å². The molecule has 0 spiro atoms. The van der Waals surface area contributed by atoms with Crippen LogP contribution in [0.2, 0.25) is 0 Å². The maximum absolute atomic E-state index is 12.3. The minimum Gasteiger partial charge on any atom is -0.459 e. The van der Waals surface area contributed by atoms with Crippen LogP contribution in [-0.4, -0.2) is 23.6 Å². The first kappa shape index (κ1) is 16.0. The number of benzene rings is 1. The van der Waals surface area contributed by atoms with Gasteiger partial charge in [-0.2, -0.15) is 0 Å². The monoisotopic (exact) mass is 331 g/mol. The molecule has 2 N–H and O–H groups in total.